The van der Waals surface area contributed by atoms with Crippen molar-refractivity contribution in [3.8, 4) is 17.6 Å². The molecule has 3 saturated heterocycles. The summed E-state index contributed by atoms with van der Waals surface area (Å²) in [6.07, 6.45) is 23.1. The van der Waals surface area contributed by atoms with Crippen LogP contribution in [0.2, 0.25) is 10.0 Å². The average molecular weight is 1900 g/mol. The van der Waals surface area contributed by atoms with Gasteiger partial charge in [-0.15, -0.1) is 0 Å². The molecule has 127 heavy (non-hydrogen) atoms. The Kier molecular flexibility index (Phi) is 33.8. The van der Waals surface area contributed by atoms with Crippen LogP contribution >= 0.6 is 23.2 Å². The third-order valence-electron chi connectivity index (χ3n) is 27.2. The maximum absolute atomic E-state index is 14.1. The molecule has 6 aliphatic heterocycles. The molecule has 7 fully saturated rings. The summed E-state index contributed by atoms with van der Waals surface area (Å²) in [4.78, 5) is 151. The Balaban J connectivity index is 0.000000183. The molecular weight excluding hydrogens is 1780 g/mol. The van der Waals surface area contributed by atoms with Crippen LogP contribution in [0.1, 0.15) is 229 Å². The minimum Gasteiger partial charge on any atom is -0.540 e. The normalized spacial score (nSPS) is 30.3. The van der Waals surface area contributed by atoms with Crippen LogP contribution in [0.5, 0.6) is 17.6 Å². The van der Waals surface area contributed by atoms with E-state index in [-0.39, 0.29) is 123 Å². The van der Waals surface area contributed by atoms with Gasteiger partial charge >= 0.3 is 18.3 Å². The Labute approximate surface area is 789 Å². The van der Waals surface area contributed by atoms with Crippen LogP contribution in [-0.2, 0) is 118 Å². The number of benzene rings is 3. The van der Waals surface area contributed by atoms with Crippen molar-refractivity contribution in [2.75, 3.05) is 19.6 Å². The quantitative estimate of drug-likeness (QED) is 0.107. The second-order valence-electron chi connectivity index (χ2n) is 39.2. The summed E-state index contributed by atoms with van der Waals surface area (Å²) in [5.41, 5.74) is 4.02. The first-order valence-electron chi connectivity index (χ1n) is 45.0. The van der Waals surface area contributed by atoms with Gasteiger partial charge in [-0.1, -0.05) is 176 Å². The smallest absolute Gasteiger partial charge is 0.408 e. The molecule has 4 aliphatic carbocycles. The molecule has 3 radical (unpaired) electrons. The molecule has 10 aliphatic rings. The zero-order valence-corrected chi connectivity index (χ0v) is 80.5. The van der Waals surface area contributed by atoms with Crippen molar-refractivity contribution in [3.05, 3.63) is 87.5 Å². The van der Waals surface area contributed by atoms with Gasteiger partial charge in [0.05, 0.1) is 52.7 Å². The number of nitrogens with zero attached hydrogens (tertiary/aromatic N) is 9. The van der Waals surface area contributed by atoms with Crippen LogP contribution in [0.25, 0.3) is 33.1 Å². The monoisotopic (exact) mass is 1900 g/mol. The summed E-state index contributed by atoms with van der Waals surface area (Å²) in [5, 5.41) is 9.65. The minimum atomic E-state index is -0.918. The van der Waals surface area contributed by atoms with Gasteiger partial charge in [0.2, 0.25) is 35.4 Å². The Hall–Kier alpha value is -7.43. The number of ether oxygens (including phenoxy) is 6. The number of aromatic nitrogens is 6. The fourth-order valence-corrected chi connectivity index (χ4v) is 20.3. The molecule has 2 unspecified atom stereocenters. The molecule has 6 amide bonds. The van der Waals surface area contributed by atoms with Gasteiger partial charge in [-0.3, -0.25) is 14.4 Å². The van der Waals surface area contributed by atoms with Crippen molar-refractivity contribution in [1.82, 2.24) is 60.6 Å². The zero-order chi connectivity index (χ0) is 88.4. The Morgan fingerprint density at radius 2 is 0.780 bits per heavy atom. The number of aryl methyl sites for hydroxylation is 3. The van der Waals surface area contributed by atoms with Crippen LogP contribution in [0.4, 0.5) is 18.8 Å². The molecule has 6 bridgehead atoms. The Morgan fingerprint density at radius 1 is 0.402 bits per heavy atom. The van der Waals surface area contributed by atoms with E-state index in [1.54, 1.807) is 30.3 Å². The molecule has 9 heterocycles. The van der Waals surface area contributed by atoms with E-state index < -0.39 is 101 Å². The van der Waals surface area contributed by atoms with Gasteiger partial charge in [0.1, 0.15) is 77.6 Å². The summed E-state index contributed by atoms with van der Waals surface area (Å²) >= 11 is 12.5. The predicted octanol–water partition coefficient (Wildman–Crippen LogP) is 15.6. The van der Waals surface area contributed by atoms with Gasteiger partial charge in [-0.25, -0.2) is 67.5 Å². The fraction of sp³-hybridized carbons (Fsp3) is 0.649. The second kappa shape index (κ2) is 42.9. The van der Waals surface area contributed by atoms with Crippen LogP contribution in [-0.4, -0.2) is 192 Å². The van der Waals surface area contributed by atoms with Crippen LogP contribution in [0.15, 0.2) is 54.6 Å². The summed E-state index contributed by atoms with van der Waals surface area (Å²) in [7, 11) is 0. The third-order valence-corrected chi connectivity index (χ3v) is 27.7. The molecule has 6 aromatic rings. The average Bonchev–Trinajstić information content (AvgIpc) is 1.63. The first kappa shape index (κ1) is 100. The van der Waals surface area contributed by atoms with Gasteiger partial charge in [-0.05, 0) is 208 Å². The fourth-order valence-electron chi connectivity index (χ4n) is 20.0. The molecule has 27 nitrogen and oxygen atoms in total. The predicted molar refractivity (Wildman–Crippen MR) is 464 cm³/mol. The minimum absolute atomic E-state index is 0. The SMILES string of the molecule is CC[C@@H]1[C@@H]2CN(C(=O)[C@H](C(C)(C)C)NC(=O)O[C@@H]3CCC[C@H]3CCCCCc3nc4ccc(Cl)cc4nc3O2)[C@@H]1[C-]=O.CC[C@@H]1[C@@H]2CN(C(=O)[C@H](C(C)(C)C)NC(=O)O[C@@H]3C[C@H]3CCCCCc3nc4ccc(Cl)cc4nc3O2)[C@@H]1[C-]=O.C[C@@H]1[C@@H]2CN(C(=O)[C@H](C(C)(C)C)NC(=O)O[C@@H]3CC4CC4[C@H]3CCCCCc3nc4ccc(F)cc4nc3O2)[C@@H]1[C-]=O.[V].[V].[V]. The van der Waals surface area contributed by atoms with E-state index in [4.69, 9.17) is 76.5 Å². The van der Waals surface area contributed by atoms with Gasteiger partial charge < -0.3 is 73.5 Å². The van der Waals surface area contributed by atoms with Gasteiger partial charge in [0.15, 0.2) is 0 Å². The van der Waals surface area contributed by atoms with Crippen molar-refractivity contribution < 1.29 is 132 Å². The number of hydrogen-bond donors (Lipinski definition) is 3. The number of rotatable bonds is 5. The maximum Gasteiger partial charge on any atom is 0.408 e. The number of carbonyl (C=O) groups is 6. The van der Waals surface area contributed by atoms with E-state index in [1.165, 1.54) is 33.3 Å². The molecule has 0 spiro atoms. The topological polar surface area (TPSA) is 332 Å². The molecule has 3 aromatic carbocycles. The molecule has 20 atom stereocenters. The number of alkyl carbamates (subject to hydrolysis) is 3. The van der Waals surface area contributed by atoms with E-state index in [2.05, 4.69) is 33.5 Å². The molecule has 33 heteroatoms. The molecule has 685 valence electrons. The van der Waals surface area contributed by atoms with Crippen LogP contribution in [0, 0.1) is 69.4 Å². The van der Waals surface area contributed by atoms with E-state index in [1.807, 2.05) is 102 Å². The van der Waals surface area contributed by atoms with Gasteiger partial charge in [-0.2, -0.15) is 0 Å². The molecular formula is C94H120Cl2FN12O15V3-3. The molecule has 3 aromatic heterocycles. The van der Waals surface area contributed by atoms with Crippen LogP contribution < -0.4 is 30.2 Å². The zero-order valence-electron chi connectivity index (χ0n) is 74.8. The summed E-state index contributed by atoms with van der Waals surface area (Å²) < 4.78 is 51.1. The number of fused-ring (bicyclic) bond motifs is 17. The summed E-state index contributed by atoms with van der Waals surface area (Å²) in [5.74, 6) is 0.824. The number of halogens is 3. The van der Waals surface area contributed by atoms with Gasteiger partial charge in [0.25, 0.3) is 0 Å². The molecule has 4 saturated carbocycles. The number of nitrogens with one attached hydrogen (secondary N) is 3. The standard InChI is InChI=1S/C32H42ClN4O5.C32H40FN4O5.C30H38ClN4O5.3V/c1-5-21-25(18-38)37-17-27(21)41-29-23(34-22-15-14-20(33)16-24(22)35-29)12-8-6-7-10-19-11-9-13-26(19)42-31(40)36-28(30(37)39)32(2,3)4;1-17-25(16-38)37-15-27(17)41-29-23(34-22-11-10-19(33)14-24(22)35-29)9-7-5-6-8-20-21-12-18(21)13-26(20)42-31(40)36-28(30(37)39)32(2,3)4;1-5-19-23(16-36)35-15-25(19)39-27-21(32-20-12-11-18(31)14-22(20)33-27)10-8-6-7-9-17-13-24(17)40-29(38)34-26(28(35)37)30(2,3)4;;;/h14-16,19,21,25-28H,5-13,17H2,1-4H3,(H,36,40);10-11,14,17-18,20-21,25-28H,5-9,12-13,15H2,1-4H3,(H,36,40);11-12,14,17,19,23-26H,5-10,13,15H2,1-4H3,(H,34,38);;;/q3*-1;;;/t19-,21+,25-,26-,27+,28-;17-,18?,20+,21?,25+,26+,27-,28+;17-,19+,23-,24-,25+,26-;;;/m101.../s1. The van der Waals surface area contributed by atoms with Gasteiger partial charge in [0, 0.05) is 71.8 Å². The van der Waals surface area contributed by atoms with Crippen molar-refractivity contribution >= 4 is 111 Å². The van der Waals surface area contributed by atoms with E-state index in [9.17, 15) is 47.5 Å². The molecule has 16 rings (SSSR count). The van der Waals surface area contributed by atoms with Crippen molar-refractivity contribution in [3.63, 3.8) is 0 Å². The first-order valence-corrected chi connectivity index (χ1v) is 45.8. The largest absolute Gasteiger partial charge is 0.540 e. The Morgan fingerprint density at radius 3 is 1.22 bits per heavy atom. The number of carbonyl (C=O) groups excluding carboxylic acids is 9. The number of amides is 6. The number of hydrogen-bond acceptors (Lipinski definition) is 21. The van der Waals surface area contributed by atoms with Crippen molar-refractivity contribution in [2.45, 2.75) is 304 Å². The summed E-state index contributed by atoms with van der Waals surface area (Å²) in [6, 6.07) is 9.95. The molecule has 3 N–H and O–H groups in total. The van der Waals surface area contributed by atoms with E-state index in [0.717, 1.165) is 132 Å². The van der Waals surface area contributed by atoms with Crippen molar-refractivity contribution in [2.24, 2.45) is 63.6 Å². The third kappa shape index (κ3) is 23.6. The Bertz CT molecular complexity index is 4950. The maximum atomic E-state index is 14.1. The van der Waals surface area contributed by atoms with E-state index in [0.29, 0.717) is 117 Å². The van der Waals surface area contributed by atoms with Crippen LogP contribution in [0.3, 0.4) is 0 Å². The second-order valence-corrected chi connectivity index (χ2v) is 40.0. The summed E-state index contributed by atoms with van der Waals surface area (Å²) in [6.45, 7) is 23.1. The first-order chi connectivity index (χ1) is 59.2. The van der Waals surface area contributed by atoms with Crippen molar-refractivity contribution in [1.29, 1.82) is 0 Å². The van der Waals surface area contributed by atoms with E-state index >= 15 is 0 Å².